The van der Waals surface area contributed by atoms with Gasteiger partial charge in [0.2, 0.25) is 29.5 Å². The predicted octanol–water partition coefficient (Wildman–Crippen LogP) is 4.80. The zero-order valence-corrected chi connectivity index (χ0v) is 42.7. The molecule has 9 N–H and O–H groups in total. The Hall–Kier alpha value is -7.20. The fourth-order valence-electron chi connectivity index (χ4n) is 7.64. The number of unbranched alkanes of at least 4 members (excludes halogenated alkanes) is 2. The van der Waals surface area contributed by atoms with Gasteiger partial charge in [-0.1, -0.05) is 88.1 Å². The number of aromatic nitrogens is 1. The van der Waals surface area contributed by atoms with Gasteiger partial charge in [0.05, 0.1) is 19.6 Å². The van der Waals surface area contributed by atoms with Gasteiger partial charge in [-0.2, -0.15) is 8.42 Å². The molecule has 1 heterocycles. The number of ether oxygens (including phenoxy) is 2. The van der Waals surface area contributed by atoms with E-state index in [1.165, 1.54) is 24.3 Å². The first-order chi connectivity index (χ1) is 34.6. The number of alkyl carbamates (subject to hydrolysis) is 1. The van der Waals surface area contributed by atoms with Crippen molar-refractivity contribution in [3.63, 3.8) is 0 Å². The molecule has 0 spiro atoms. The Labute approximate surface area is 425 Å². The fourth-order valence-corrected chi connectivity index (χ4v) is 7.99. The number of nitrogens with one attached hydrogen (secondary N) is 7. The minimum absolute atomic E-state index is 0.0296. The summed E-state index contributed by atoms with van der Waals surface area (Å²) in [6.45, 7) is 8.33. The number of carboxylic acid groups (broad SMARTS) is 1. The first-order valence-corrected chi connectivity index (χ1v) is 25.7. The average molecular weight is 1040 g/mol. The molecule has 6 amide bonds. The molecule has 3 aromatic carbocycles. The van der Waals surface area contributed by atoms with Gasteiger partial charge in [-0.15, -0.1) is 0 Å². The van der Waals surface area contributed by atoms with Crippen molar-refractivity contribution in [2.45, 2.75) is 141 Å². The molecule has 398 valence electrons. The maximum Gasteiger partial charge on any atom is 0.446 e. The van der Waals surface area contributed by atoms with Crippen molar-refractivity contribution < 1.29 is 65.3 Å². The number of para-hydroxylation sites is 2. The summed E-state index contributed by atoms with van der Waals surface area (Å²) >= 11 is 0. The van der Waals surface area contributed by atoms with Gasteiger partial charge in [0.15, 0.2) is 0 Å². The van der Waals surface area contributed by atoms with Gasteiger partial charge in [-0.25, -0.2) is 4.79 Å². The normalized spacial score (nSPS) is 13.5. The van der Waals surface area contributed by atoms with E-state index < -0.39 is 94.4 Å². The van der Waals surface area contributed by atoms with Crippen LogP contribution in [0.3, 0.4) is 0 Å². The van der Waals surface area contributed by atoms with Crippen molar-refractivity contribution in [3.05, 3.63) is 96.2 Å². The van der Waals surface area contributed by atoms with Crippen LogP contribution in [0, 0.1) is 0 Å². The molecule has 0 aliphatic rings. The molecule has 0 saturated carbocycles. The summed E-state index contributed by atoms with van der Waals surface area (Å²) < 4.78 is 47.0. The predicted molar refractivity (Wildman–Crippen MR) is 271 cm³/mol. The van der Waals surface area contributed by atoms with E-state index in [1.807, 2.05) is 56.3 Å². The summed E-state index contributed by atoms with van der Waals surface area (Å²) in [5.74, 6) is -4.26. The van der Waals surface area contributed by atoms with Crippen LogP contribution in [-0.2, 0) is 56.7 Å². The lowest BCUT2D eigenvalue weighted by atomic mass is 10.0. The quantitative estimate of drug-likeness (QED) is 0.0251. The van der Waals surface area contributed by atoms with Crippen LogP contribution in [0.25, 0.3) is 10.9 Å². The smallest absolute Gasteiger partial charge is 0.446 e. The van der Waals surface area contributed by atoms with Crippen molar-refractivity contribution in [2.24, 2.45) is 0 Å². The van der Waals surface area contributed by atoms with Crippen LogP contribution in [0.15, 0.2) is 85.1 Å². The fraction of sp³-hybridized carbons (Fsp3) is 0.471. The lowest BCUT2D eigenvalue weighted by Gasteiger charge is -2.26. The van der Waals surface area contributed by atoms with Gasteiger partial charge < -0.3 is 55.6 Å². The third-order valence-electron chi connectivity index (χ3n) is 11.2. The van der Waals surface area contributed by atoms with Gasteiger partial charge in [0.25, 0.3) is 0 Å². The average Bonchev–Trinajstić information content (AvgIpc) is 3.73. The largest absolute Gasteiger partial charge is 0.494 e. The van der Waals surface area contributed by atoms with Crippen LogP contribution in [0.5, 0.6) is 11.5 Å². The number of hydrogen-bond acceptors (Lipinski definition) is 12. The maximum absolute atomic E-state index is 14.3. The molecule has 0 bridgehead atoms. The SMILES string of the molecule is CCCC[C@H](NC(=O)[C@H](Cc1ccc(OS(=O)(=O)O)cc1)NC(=O)OC(C)(C)C)C(=O)NCC(=O)N[C@@H](Cc1c[nH]c2ccccc12)C(=O)N[C@@H](CCCC)C(=O)N[C@@H](CCCOc1ccccc1)CC(=O)O. The Balaban J connectivity index is 1.49. The van der Waals surface area contributed by atoms with Gasteiger partial charge in [-0.05, 0) is 87.9 Å². The number of rotatable bonds is 30. The second-order valence-electron chi connectivity index (χ2n) is 18.5. The number of aromatic amines is 1. The topological polar surface area (TPSA) is 310 Å². The van der Waals surface area contributed by atoms with Crippen LogP contribution in [0.4, 0.5) is 4.79 Å². The van der Waals surface area contributed by atoms with E-state index in [0.717, 1.165) is 10.9 Å². The van der Waals surface area contributed by atoms with Gasteiger partial charge in [-0.3, -0.25) is 33.3 Å². The first-order valence-electron chi connectivity index (χ1n) is 24.3. The standard InChI is InChI=1S/C51H69N7O14S/c1-6-8-20-40(56-48(64)42(58-50(66)71-51(3,4)5)28-33-23-25-37(26-24-33)72-73(67,68)69)46(62)53-32-44(59)55-43(29-34-31-52-39-22-14-13-19-38(34)39)49(65)57-41(21-9-7-2)47(63)54-35(30-45(60)61)16-15-27-70-36-17-11-10-12-18-36/h10-14,17-19,22-26,31,35,40-43,52H,6-9,15-16,20-21,27-30,32H2,1-5H3,(H,53,62)(H,54,63)(H,55,59)(H,56,64)(H,57,65)(H,58,66)(H,60,61)(H,67,68,69)/t35-,40-,41-,42-,43-/m0/s1. The second-order valence-corrected chi connectivity index (χ2v) is 19.5. The van der Waals surface area contributed by atoms with E-state index in [0.29, 0.717) is 49.0 Å². The third-order valence-corrected chi connectivity index (χ3v) is 11.6. The number of fused-ring (bicyclic) bond motifs is 1. The minimum Gasteiger partial charge on any atom is -0.494 e. The van der Waals surface area contributed by atoms with Crippen LogP contribution >= 0.6 is 0 Å². The Bertz CT molecular complexity index is 2570. The molecule has 5 atom stereocenters. The number of carboxylic acids is 1. The zero-order chi connectivity index (χ0) is 53.6. The number of benzene rings is 3. The van der Waals surface area contributed by atoms with E-state index in [9.17, 15) is 47.1 Å². The van der Waals surface area contributed by atoms with E-state index in [2.05, 4.69) is 41.1 Å². The summed E-state index contributed by atoms with van der Waals surface area (Å²) in [4.78, 5) is 97.6. The molecule has 4 rings (SSSR count). The van der Waals surface area contributed by atoms with Crippen molar-refractivity contribution >= 4 is 62.9 Å². The second kappa shape index (κ2) is 28.7. The highest BCUT2D eigenvalue weighted by Gasteiger charge is 2.32. The Morgan fingerprint density at radius 3 is 1.85 bits per heavy atom. The molecule has 0 saturated heterocycles. The molecule has 0 fully saturated rings. The monoisotopic (exact) mass is 1040 g/mol. The van der Waals surface area contributed by atoms with Crippen LogP contribution in [0.1, 0.15) is 104 Å². The number of H-pyrrole nitrogens is 1. The minimum atomic E-state index is -4.80. The Morgan fingerprint density at radius 1 is 0.658 bits per heavy atom. The van der Waals surface area contributed by atoms with Gasteiger partial charge in [0, 0.05) is 36.0 Å². The summed E-state index contributed by atoms with van der Waals surface area (Å²) in [6.07, 6.45) is 3.61. The Morgan fingerprint density at radius 2 is 1.25 bits per heavy atom. The van der Waals surface area contributed by atoms with E-state index in [4.69, 9.17) is 14.0 Å². The summed E-state index contributed by atoms with van der Waals surface area (Å²) in [5.41, 5.74) is 0.947. The first kappa shape index (κ1) is 58.4. The number of amides is 6. The number of carbonyl (C=O) groups excluding carboxylic acids is 6. The van der Waals surface area contributed by atoms with Gasteiger partial charge >= 0.3 is 22.5 Å². The van der Waals surface area contributed by atoms with Crippen molar-refractivity contribution in [3.8, 4) is 11.5 Å². The summed E-state index contributed by atoms with van der Waals surface area (Å²) in [6, 6.07) is 16.1. The molecule has 4 aromatic rings. The van der Waals surface area contributed by atoms with Crippen molar-refractivity contribution in [1.82, 2.24) is 36.9 Å². The van der Waals surface area contributed by atoms with E-state index in [-0.39, 0.29) is 50.9 Å². The van der Waals surface area contributed by atoms with Gasteiger partial charge in [0.1, 0.15) is 41.3 Å². The Kier molecular flexibility index (Phi) is 23.0. The molecule has 1 aromatic heterocycles. The number of carbonyl (C=O) groups is 7. The highest BCUT2D eigenvalue weighted by molar-refractivity contribution is 7.81. The highest BCUT2D eigenvalue weighted by atomic mass is 32.3. The van der Waals surface area contributed by atoms with E-state index >= 15 is 0 Å². The molecule has 0 radical (unpaired) electrons. The lowest BCUT2D eigenvalue weighted by molar-refractivity contribution is -0.138. The molecule has 0 unspecified atom stereocenters. The van der Waals surface area contributed by atoms with E-state index in [1.54, 1.807) is 39.1 Å². The summed E-state index contributed by atoms with van der Waals surface area (Å²) in [7, 11) is -4.80. The van der Waals surface area contributed by atoms with Crippen LogP contribution < -0.4 is 40.8 Å². The molecule has 21 nitrogen and oxygen atoms in total. The number of aliphatic carboxylic acids is 1. The third kappa shape index (κ3) is 21.6. The van der Waals surface area contributed by atoms with Crippen molar-refractivity contribution in [1.29, 1.82) is 0 Å². The highest BCUT2D eigenvalue weighted by Crippen LogP contribution is 2.20. The lowest BCUT2D eigenvalue weighted by Crippen LogP contribution is -2.57. The molecule has 0 aliphatic carbocycles. The maximum atomic E-state index is 14.3. The molecule has 0 aliphatic heterocycles. The molecular weight excluding hydrogens is 967 g/mol. The molecular formula is C51H69N7O14S. The van der Waals surface area contributed by atoms with Crippen LogP contribution in [0.2, 0.25) is 0 Å². The van der Waals surface area contributed by atoms with Crippen LogP contribution in [-0.4, -0.2) is 114 Å². The molecule has 73 heavy (non-hydrogen) atoms. The molecule has 22 heteroatoms. The van der Waals surface area contributed by atoms with Crippen molar-refractivity contribution in [2.75, 3.05) is 13.2 Å². The summed E-state index contributed by atoms with van der Waals surface area (Å²) in [5, 5.41) is 26.5. The number of hydrogen-bond donors (Lipinski definition) is 9. The zero-order valence-electron chi connectivity index (χ0n) is 41.9.